The predicted molar refractivity (Wildman–Crippen MR) is 84.3 cm³/mol. The normalized spacial score (nSPS) is 23.3. The van der Waals surface area contributed by atoms with Gasteiger partial charge in [0.05, 0.1) is 6.04 Å². The second-order valence-electron chi connectivity index (χ2n) is 6.61. The smallest absolute Gasteiger partial charge is 0.237 e. The van der Waals surface area contributed by atoms with Crippen molar-refractivity contribution < 1.29 is 4.79 Å². The predicted octanol–water partition coefficient (Wildman–Crippen LogP) is 0.954. The Labute approximate surface area is 126 Å². The molecule has 0 spiro atoms. The monoisotopic (exact) mass is 287 g/mol. The van der Waals surface area contributed by atoms with Crippen LogP contribution in [0.2, 0.25) is 0 Å². The molecule has 2 aliphatic rings. The van der Waals surface area contributed by atoms with E-state index in [9.17, 15) is 4.79 Å². The van der Waals surface area contributed by atoms with Crippen LogP contribution in [0.25, 0.3) is 0 Å². The molecule has 21 heavy (non-hydrogen) atoms. The van der Waals surface area contributed by atoms with E-state index in [0.29, 0.717) is 6.54 Å². The van der Waals surface area contributed by atoms with E-state index in [1.54, 1.807) is 0 Å². The first-order valence-electron chi connectivity index (χ1n) is 7.86. The molecule has 1 saturated heterocycles. The molecule has 0 radical (unpaired) electrons. The lowest BCUT2D eigenvalue weighted by Gasteiger charge is -2.36. The first kappa shape index (κ1) is 14.5. The summed E-state index contributed by atoms with van der Waals surface area (Å²) >= 11 is 0. The van der Waals surface area contributed by atoms with Gasteiger partial charge in [0.15, 0.2) is 0 Å². The highest BCUT2D eigenvalue weighted by atomic mass is 16.2. The lowest BCUT2D eigenvalue weighted by atomic mass is 9.94. The quantitative estimate of drug-likeness (QED) is 0.867. The van der Waals surface area contributed by atoms with Gasteiger partial charge in [0.1, 0.15) is 0 Å². The van der Waals surface area contributed by atoms with E-state index in [2.05, 4.69) is 53.9 Å². The topological polar surface area (TPSA) is 44.4 Å². The Kier molecular flexibility index (Phi) is 4.00. The van der Waals surface area contributed by atoms with Crippen LogP contribution in [0.4, 0.5) is 0 Å². The van der Waals surface area contributed by atoms with Crippen molar-refractivity contribution in [3.05, 3.63) is 35.4 Å². The maximum atomic E-state index is 12.2. The zero-order valence-corrected chi connectivity index (χ0v) is 13.0. The van der Waals surface area contributed by atoms with Gasteiger partial charge in [-0.1, -0.05) is 24.3 Å². The average Bonchev–Trinajstić information content (AvgIpc) is 3.12. The van der Waals surface area contributed by atoms with Crippen LogP contribution in [0.5, 0.6) is 0 Å². The summed E-state index contributed by atoms with van der Waals surface area (Å²) in [5.41, 5.74) is 2.84. The lowest BCUT2D eigenvalue weighted by Crippen LogP contribution is -2.55. The second kappa shape index (κ2) is 5.78. The van der Waals surface area contributed by atoms with Crippen molar-refractivity contribution in [2.75, 3.05) is 27.2 Å². The number of carbonyl (C=O) groups excluding carboxylic acids is 1. The number of nitrogens with one attached hydrogen (secondary N) is 2. The van der Waals surface area contributed by atoms with Crippen LogP contribution in [-0.2, 0) is 17.6 Å². The van der Waals surface area contributed by atoms with Crippen LogP contribution >= 0.6 is 0 Å². The summed E-state index contributed by atoms with van der Waals surface area (Å²) in [6.07, 6.45) is 4.08. The molecule has 0 bridgehead atoms. The molecule has 1 fully saturated rings. The molecule has 114 valence electrons. The molecule has 0 aromatic heterocycles. The van der Waals surface area contributed by atoms with Gasteiger partial charge in [0.2, 0.25) is 5.91 Å². The number of nitrogens with zero attached hydrogens (tertiary/aromatic N) is 1. The van der Waals surface area contributed by atoms with Crippen LogP contribution in [0.1, 0.15) is 24.0 Å². The van der Waals surface area contributed by atoms with E-state index >= 15 is 0 Å². The molecule has 2 N–H and O–H groups in total. The largest absolute Gasteiger partial charge is 0.353 e. The summed E-state index contributed by atoms with van der Waals surface area (Å²) in [6.45, 7) is 1.67. The molecule has 4 nitrogen and oxygen atoms in total. The van der Waals surface area contributed by atoms with Crippen molar-refractivity contribution in [1.82, 2.24) is 15.5 Å². The second-order valence-corrected chi connectivity index (χ2v) is 6.61. The first-order chi connectivity index (χ1) is 10.1. The standard InChI is InChI=1S/C17H25N3O/c1-20(2)17(10-13-6-3-4-7-14(13)11-17)12-19-16(21)15-8-5-9-18-15/h3-4,6-7,15,18H,5,8-12H2,1-2H3,(H,19,21). The highest BCUT2D eigenvalue weighted by Crippen LogP contribution is 2.33. The Bertz CT molecular complexity index is 496. The molecule has 1 atom stereocenters. The molecular weight excluding hydrogens is 262 g/mol. The molecule has 3 rings (SSSR count). The third-order valence-electron chi connectivity index (χ3n) is 5.07. The zero-order valence-electron chi connectivity index (χ0n) is 13.0. The summed E-state index contributed by atoms with van der Waals surface area (Å²) in [5.74, 6) is 0.157. The Hall–Kier alpha value is -1.39. The summed E-state index contributed by atoms with van der Waals surface area (Å²) in [5, 5.41) is 6.45. The number of benzene rings is 1. The number of hydrogen-bond donors (Lipinski definition) is 2. The molecule has 1 heterocycles. The third kappa shape index (κ3) is 2.83. The Morgan fingerprint density at radius 2 is 2.00 bits per heavy atom. The lowest BCUT2D eigenvalue weighted by molar-refractivity contribution is -0.123. The number of amides is 1. The maximum Gasteiger partial charge on any atom is 0.237 e. The summed E-state index contributed by atoms with van der Waals surface area (Å²) in [7, 11) is 4.23. The molecule has 1 aliphatic carbocycles. The third-order valence-corrected chi connectivity index (χ3v) is 5.07. The van der Waals surface area contributed by atoms with Gasteiger partial charge in [-0.15, -0.1) is 0 Å². The van der Waals surface area contributed by atoms with Gasteiger partial charge in [-0.3, -0.25) is 4.79 Å². The van der Waals surface area contributed by atoms with Gasteiger partial charge in [-0.05, 0) is 57.5 Å². The average molecular weight is 287 g/mol. The summed E-state index contributed by atoms with van der Waals surface area (Å²) in [6, 6.07) is 8.63. The van der Waals surface area contributed by atoms with Crippen molar-refractivity contribution in [2.24, 2.45) is 0 Å². The number of rotatable bonds is 4. The minimum atomic E-state index is 0.00740. The SMILES string of the molecule is CN(C)C1(CNC(=O)C2CCCN2)Cc2ccccc2C1. The van der Waals surface area contributed by atoms with Crippen LogP contribution in [-0.4, -0.2) is 49.6 Å². The van der Waals surface area contributed by atoms with Gasteiger partial charge in [0, 0.05) is 12.1 Å². The molecule has 1 unspecified atom stereocenters. The highest BCUT2D eigenvalue weighted by molar-refractivity contribution is 5.82. The van der Waals surface area contributed by atoms with E-state index in [1.165, 1.54) is 11.1 Å². The minimum absolute atomic E-state index is 0.00740. The van der Waals surface area contributed by atoms with Gasteiger partial charge < -0.3 is 15.5 Å². The number of fused-ring (bicyclic) bond motifs is 1. The fraction of sp³-hybridized carbons (Fsp3) is 0.588. The van der Waals surface area contributed by atoms with Gasteiger partial charge >= 0.3 is 0 Å². The Morgan fingerprint density at radius 1 is 1.33 bits per heavy atom. The molecule has 4 heteroatoms. The number of hydrogen-bond acceptors (Lipinski definition) is 3. The van der Waals surface area contributed by atoms with Crippen molar-refractivity contribution in [1.29, 1.82) is 0 Å². The van der Waals surface area contributed by atoms with Crippen LogP contribution < -0.4 is 10.6 Å². The van der Waals surface area contributed by atoms with Crippen LogP contribution in [0, 0.1) is 0 Å². The minimum Gasteiger partial charge on any atom is -0.353 e. The van der Waals surface area contributed by atoms with E-state index in [0.717, 1.165) is 32.2 Å². The van der Waals surface area contributed by atoms with E-state index in [4.69, 9.17) is 0 Å². The molecule has 1 aromatic carbocycles. The van der Waals surface area contributed by atoms with Crippen molar-refractivity contribution >= 4 is 5.91 Å². The fourth-order valence-electron chi connectivity index (χ4n) is 3.56. The van der Waals surface area contributed by atoms with E-state index in [1.807, 2.05) is 0 Å². The first-order valence-corrected chi connectivity index (χ1v) is 7.86. The molecule has 0 saturated carbocycles. The van der Waals surface area contributed by atoms with E-state index < -0.39 is 0 Å². The van der Waals surface area contributed by atoms with Gasteiger partial charge in [-0.25, -0.2) is 0 Å². The fourth-order valence-corrected chi connectivity index (χ4v) is 3.56. The molecule has 1 aliphatic heterocycles. The highest BCUT2D eigenvalue weighted by Gasteiger charge is 2.39. The Balaban J connectivity index is 1.68. The molecular formula is C17H25N3O. The number of carbonyl (C=O) groups is 1. The van der Waals surface area contributed by atoms with Crippen molar-refractivity contribution in [3.8, 4) is 0 Å². The summed E-state index contributed by atoms with van der Waals surface area (Å²) < 4.78 is 0. The Morgan fingerprint density at radius 3 is 2.52 bits per heavy atom. The summed E-state index contributed by atoms with van der Waals surface area (Å²) in [4.78, 5) is 14.5. The van der Waals surface area contributed by atoms with Crippen LogP contribution in [0.3, 0.4) is 0 Å². The maximum absolute atomic E-state index is 12.2. The van der Waals surface area contributed by atoms with Crippen molar-refractivity contribution in [3.63, 3.8) is 0 Å². The zero-order chi connectivity index (χ0) is 14.9. The molecule has 1 amide bonds. The molecule has 1 aromatic rings. The van der Waals surface area contributed by atoms with Crippen LogP contribution in [0.15, 0.2) is 24.3 Å². The number of likely N-dealkylation sites (N-methyl/N-ethyl adjacent to an activating group) is 1. The van der Waals surface area contributed by atoms with Gasteiger partial charge in [0.25, 0.3) is 0 Å². The van der Waals surface area contributed by atoms with E-state index in [-0.39, 0.29) is 17.5 Å². The van der Waals surface area contributed by atoms with Gasteiger partial charge in [-0.2, -0.15) is 0 Å². The van der Waals surface area contributed by atoms with Crippen molar-refractivity contribution in [2.45, 2.75) is 37.3 Å².